The lowest BCUT2D eigenvalue weighted by atomic mass is 10.5. The van der Waals surface area contributed by atoms with E-state index in [2.05, 4.69) is 15.4 Å². The maximum atomic E-state index is 12.0. The molecule has 0 atom stereocenters. The number of alkyl halides is 2. The Morgan fingerprint density at radius 2 is 2.38 bits per heavy atom. The van der Waals surface area contributed by atoms with E-state index in [0.717, 1.165) is 5.69 Å². The first-order chi connectivity index (χ1) is 7.74. The topological polar surface area (TPSA) is 42.7 Å². The van der Waals surface area contributed by atoms with Crippen LogP contribution in [0.15, 0.2) is 23.2 Å². The van der Waals surface area contributed by atoms with Crippen molar-refractivity contribution in [1.29, 1.82) is 0 Å². The van der Waals surface area contributed by atoms with Gasteiger partial charge in [-0.05, 0) is 0 Å². The van der Waals surface area contributed by atoms with Crippen LogP contribution in [0.2, 0.25) is 0 Å². The highest BCUT2D eigenvalue weighted by atomic mass is 32.1. The maximum Gasteiger partial charge on any atom is 0.257 e. The van der Waals surface area contributed by atoms with Crippen LogP contribution in [-0.4, -0.2) is 21.2 Å². The SMILES string of the molecule is FC(F)Cn1ccc(NCc2cscn2)n1. The summed E-state index contributed by atoms with van der Waals surface area (Å²) in [6.07, 6.45) is -0.860. The maximum absolute atomic E-state index is 12.0. The van der Waals surface area contributed by atoms with E-state index >= 15 is 0 Å². The second kappa shape index (κ2) is 5.02. The number of thiazole rings is 1. The molecule has 0 unspecified atom stereocenters. The lowest BCUT2D eigenvalue weighted by Crippen LogP contribution is -2.08. The third-order valence-corrected chi connectivity index (χ3v) is 2.54. The van der Waals surface area contributed by atoms with Crippen LogP contribution in [0.4, 0.5) is 14.6 Å². The molecule has 0 aliphatic heterocycles. The molecule has 0 amide bonds. The first kappa shape index (κ1) is 11.0. The second-order valence-corrected chi connectivity index (χ2v) is 3.87. The Hall–Kier alpha value is -1.50. The van der Waals surface area contributed by atoms with E-state index in [4.69, 9.17) is 0 Å². The summed E-state index contributed by atoms with van der Waals surface area (Å²) in [6.45, 7) is 0.174. The van der Waals surface area contributed by atoms with Crippen LogP contribution in [0.5, 0.6) is 0 Å². The van der Waals surface area contributed by atoms with Gasteiger partial charge >= 0.3 is 0 Å². The molecule has 1 N–H and O–H groups in total. The smallest absolute Gasteiger partial charge is 0.257 e. The summed E-state index contributed by atoms with van der Waals surface area (Å²) >= 11 is 1.51. The van der Waals surface area contributed by atoms with Gasteiger partial charge in [-0.1, -0.05) is 0 Å². The van der Waals surface area contributed by atoms with Gasteiger partial charge in [-0.25, -0.2) is 13.8 Å². The molecule has 2 rings (SSSR count). The van der Waals surface area contributed by atoms with E-state index in [0.29, 0.717) is 12.4 Å². The quantitative estimate of drug-likeness (QED) is 0.877. The summed E-state index contributed by atoms with van der Waals surface area (Å²) in [6, 6.07) is 1.66. The van der Waals surface area contributed by atoms with Crippen LogP contribution >= 0.6 is 11.3 Å². The van der Waals surface area contributed by atoms with E-state index in [9.17, 15) is 8.78 Å². The fourth-order valence-corrected chi connectivity index (χ4v) is 1.76. The lowest BCUT2D eigenvalue weighted by molar-refractivity contribution is 0.122. The second-order valence-electron chi connectivity index (χ2n) is 3.15. The zero-order valence-electron chi connectivity index (χ0n) is 8.31. The van der Waals surface area contributed by atoms with Crippen LogP contribution in [0.3, 0.4) is 0 Å². The molecule has 4 nitrogen and oxygen atoms in total. The Kier molecular flexibility index (Phi) is 3.45. The summed E-state index contributed by atoms with van der Waals surface area (Å²) in [4.78, 5) is 4.09. The minimum Gasteiger partial charge on any atom is -0.363 e. The summed E-state index contributed by atoms with van der Waals surface area (Å²) < 4.78 is 25.3. The fourth-order valence-electron chi connectivity index (χ4n) is 1.21. The number of hydrogen-bond donors (Lipinski definition) is 1. The van der Waals surface area contributed by atoms with Gasteiger partial charge in [-0.15, -0.1) is 11.3 Å². The van der Waals surface area contributed by atoms with Gasteiger partial charge in [0.2, 0.25) is 0 Å². The molecule has 0 saturated carbocycles. The Morgan fingerprint density at radius 3 is 3.06 bits per heavy atom. The number of rotatable bonds is 5. The predicted molar refractivity (Wildman–Crippen MR) is 57.7 cm³/mol. The molecule has 0 aliphatic carbocycles. The number of nitrogens with one attached hydrogen (secondary N) is 1. The molecule has 0 bridgehead atoms. The molecule has 2 heterocycles. The molecule has 0 radical (unpaired) electrons. The molecule has 0 fully saturated rings. The van der Waals surface area contributed by atoms with Crippen molar-refractivity contribution in [3.8, 4) is 0 Å². The molecular weight excluding hydrogens is 234 g/mol. The van der Waals surface area contributed by atoms with Crippen molar-refractivity contribution in [1.82, 2.24) is 14.8 Å². The average Bonchev–Trinajstić information content (AvgIpc) is 2.84. The average molecular weight is 244 g/mol. The Morgan fingerprint density at radius 1 is 1.50 bits per heavy atom. The van der Waals surface area contributed by atoms with E-state index in [1.54, 1.807) is 11.6 Å². The highest BCUT2D eigenvalue weighted by Crippen LogP contribution is 2.07. The van der Waals surface area contributed by atoms with Crippen LogP contribution in [0.1, 0.15) is 5.69 Å². The minimum atomic E-state index is -2.38. The van der Waals surface area contributed by atoms with Crippen molar-refractivity contribution in [2.45, 2.75) is 19.5 Å². The zero-order chi connectivity index (χ0) is 11.4. The van der Waals surface area contributed by atoms with Gasteiger partial charge in [-0.2, -0.15) is 5.10 Å². The molecule has 2 aromatic heterocycles. The fraction of sp³-hybridized carbons (Fsp3) is 0.333. The number of hydrogen-bond acceptors (Lipinski definition) is 4. The predicted octanol–water partition coefficient (Wildman–Crippen LogP) is 2.22. The van der Waals surface area contributed by atoms with Crippen LogP contribution in [0.25, 0.3) is 0 Å². The van der Waals surface area contributed by atoms with Gasteiger partial charge < -0.3 is 5.32 Å². The van der Waals surface area contributed by atoms with Crippen molar-refractivity contribution in [3.63, 3.8) is 0 Å². The molecule has 0 spiro atoms. The van der Waals surface area contributed by atoms with Gasteiger partial charge in [0.1, 0.15) is 12.4 Å². The third-order valence-electron chi connectivity index (χ3n) is 1.90. The largest absolute Gasteiger partial charge is 0.363 e. The Balaban J connectivity index is 1.88. The molecule has 0 saturated heterocycles. The number of anilines is 1. The van der Waals surface area contributed by atoms with Crippen molar-refractivity contribution in [2.24, 2.45) is 0 Å². The Bertz CT molecular complexity index is 426. The van der Waals surface area contributed by atoms with Crippen LogP contribution in [-0.2, 0) is 13.1 Å². The molecule has 7 heteroatoms. The van der Waals surface area contributed by atoms with Gasteiger partial charge in [0, 0.05) is 17.6 Å². The standard InChI is InChI=1S/C9H10F2N4S/c10-8(11)4-15-2-1-9(14-15)12-3-7-5-16-6-13-7/h1-2,5-6,8H,3-4H2,(H,12,14). The van der Waals surface area contributed by atoms with E-state index in [1.807, 2.05) is 5.38 Å². The third kappa shape index (κ3) is 2.99. The van der Waals surface area contributed by atoms with E-state index in [1.165, 1.54) is 22.2 Å². The van der Waals surface area contributed by atoms with Crippen molar-refractivity contribution < 1.29 is 8.78 Å². The molecule has 2 aromatic rings. The highest BCUT2D eigenvalue weighted by molar-refractivity contribution is 7.07. The summed E-state index contributed by atoms with van der Waals surface area (Å²) in [7, 11) is 0. The van der Waals surface area contributed by atoms with Gasteiger partial charge in [0.05, 0.1) is 17.7 Å². The molecule has 0 aliphatic rings. The van der Waals surface area contributed by atoms with E-state index < -0.39 is 6.43 Å². The van der Waals surface area contributed by atoms with Crippen molar-refractivity contribution in [2.75, 3.05) is 5.32 Å². The molecule has 16 heavy (non-hydrogen) atoms. The van der Waals surface area contributed by atoms with Crippen LogP contribution < -0.4 is 5.32 Å². The molecular formula is C9H10F2N4S. The first-order valence-electron chi connectivity index (χ1n) is 4.66. The van der Waals surface area contributed by atoms with Gasteiger partial charge in [0.25, 0.3) is 6.43 Å². The van der Waals surface area contributed by atoms with E-state index in [-0.39, 0.29) is 6.54 Å². The lowest BCUT2D eigenvalue weighted by Gasteiger charge is -2.00. The first-order valence-corrected chi connectivity index (χ1v) is 5.61. The molecule has 86 valence electrons. The van der Waals surface area contributed by atoms with Gasteiger partial charge in [-0.3, -0.25) is 4.68 Å². The number of halogens is 2. The number of nitrogens with zero attached hydrogens (tertiary/aromatic N) is 3. The number of aromatic nitrogens is 3. The van der Waals surface area contributed by atoms with Crippen molar-refractivity contribution in [3.05, 3.63) is 28.8 Å². The van der Waals surface area contributed by atoms with Gasteiger partial charge in [0.15, 0.2) is 0 Å². The van der Waals surface area contributed by atoms with Crippen LogP contribution in [0, 0.1) is 0 Å². The monoisotopic (exact) mass is 244 g/mol. The van der Waals surface area contributed by atoms with Crippen molar-refractivity contribution >= 4 is 17.2 Å². The summed E-state index contributed by atoms with van der Waals surface area (Å²) in [5.74, 6) is 0.577. The summed E-state index contributed by atoms with van der Waals surface area (Å²) in [5, 5.41) is 8.88. The Labute approximate surface area is 94.9 Å². The normalized spacial score (nSPS) is 10.9. The molecule has 0 aromatic carbocycles. The highest BCUT2D eigenvalue weighted by Gasteiger charge is 2.05. The summed E-state index contributed by atoms with van der Waals surface area (Å²) in [5.41, 5.74) is 2.65. The minimum absolute atomic E-state index is 0.377. The zero-order valence-corrected chi connectivity index (χ0v) is 9.12.